The van der Waals surface area contributed by atoms with Crippen molar-refractivity contribution in [2.75, 3.05) is 31.2 Å². The third-order valence-electron chi connectivity index (χ3n) is 2.24. The molecule has 0 aliphatic carbocycles. The summed E-state index contributed by atoms with van der Waals surface area (Å²) in [6.45, 7) is 0.632. The van der Waals surface area contributed by atoms with Crippen molar-refractivity contribution >= 4 is 35.0 Å². The molecule has 0 spiro atoms. The van der Waals surface area contributed by atoms with Gasteiger partial charge in [0.25, 0.3) is 0 Å². The molecule has 0 aliphatic heterocycles. The van der Waals surface area contributed by atoms with Crippen LogP contribution in [-0.4, -0.2) is 32.2 Å². The quantitative estimate of drug-likeness (QED) is 0.362. The molecule has 0 fully saturated rings. The maximum atomic E-state index is 11.6. The largest absolute Gasteiger partial charge is 0.465 e. The number of carbonyl (C=O) groups excluding carboxylic acids is 2. The number of primary amides is 1. The number of rotatable bonds is 5. The number of methoxy groups -OCH3 is 1. The summed E-state index contributed by atoms with van der Waals surface area (Å²) in [5.41, 5.74) is 11.5. The molecule has 0 atom stereocenters. The fourth-order valence-electron chi connectivity index (χ4n) is 1.45. The van der Waals surface area contributed by atoms with Crippen molar-refractivity contribution in [1.29, 1.82) is 0 Å². The van der Waals surface area contributed by atoms with Crippen molar-refractivity contribution in [3.63, 3.8) is 0 Å². The molecule has 0 saturated heterocycles. The van der Waals surface area contributed by atoms with Gasteiger partial charge in [-0.15, -0.1) is 0 Å². The maximum absolute atomic E-state index is 11.6. The summed E-state index contributed by atoms with van der Waals surface area (Å²) in [6, 6.07) is 2.35. The second kappa shape index (κ2) is 6.69. The van der Waals surface area contributed by atoms with E-state index < -0.39 is 12.0 Å². The van der Waals surface area contributed by atoms with Gasteiger partial charge in [-0.1, -0.05) is 11.6 Å². The number of benzene rings is 1. The number of ether oxygens (including phenoxy) is 1. The molecule has 19 heavy (non-hydrogen) atoms. The first-order valence-corrected chi connectivity index (χ1v) is 5.78. The summed E-state index contributed by atoms with van der Waals surface area (Å²) in [4.78, 5) is 22.1. The highest BCUT2D eigenvalue weighted by molar-refractivity contribution is 6.34. The SMILES string of the molecule is COC(=O)c1cc(N)cc(Cl)c1NCCNC(N)=O. The fourth-order valence-corrected chi connectivity index (χ4v) is 1.75. The Morgan fingerprint density at radius 3 is 2.63 bits per heavy atom. The van der Waals surface area contributed by atoms with E-state index in [1.807, 2.05) is 0 Å². The molecule has 1 aromatic rings. The Balaban J connectivity index is 2.86. The molecule has 0 bridgehead atoms. The average Bonchev–Trinajstić information content (AvgIpc) is 2.34. The number of amides is 2. The van der Waals surface area contributed by atoms with E-state index in [1.165, 1.54) is 19.2 Å². The highest BCUT2D eigenvalue weighted by Crippen LogP contribution is 2.29. The van der Waals surface area contributed by atoms with Crippen LogP contribution in [0.15, 0.2) is 12.1 Å². The standard InChI is InChI=1S/C11H15ClN4O3/c1-19-10(17)7-4-6(13)5-8(12)9(7)15-2-3-16-11(14)18/h4-5,15H,2-3,13H2,1H3,(H3,14,16,18). The first-order chi connectivity index (χ1) is 8.95. The molecule has 0 heterocycles. The minimum Gasteiger partial charge on any atom is -0.465 e. The van der Waals surface area contributed by atoms with Crippen molar-refractivity contribution in [3.05, 3.63) is 22.7 Å². The zero-order valence-corrected chi connectivity index (χ0v) is 11.1. The maximum Gasteiger partial charge on any atom is 0.340 e. The van der Waals surface area contributed by atoms with E-state index in [0.29, 0.717) is 22.9 Å². The number of anilines is 2. The Bertz CT molecular complexity index is 493. The van der Waals surface area contributed by atoms with E-state index in [0.717, 1.165) is 0 Å². The molecule has 1 aromatic carbocycles. The monoisotopic (exact) mass is 286 g/mol. The van der Waals surface area contributed by atoms with E-state index in [1.54, 1.807) is 0 Å². The first kappa shape index (κ1) is 14.9. The number of halogens is 1. The lowest BCUT2D eigenvalue weighted by molar-refractivity contribution is 0.0602. The van der Waals surface area contributed by atoms with E-state index in [2.05, 4.69) is 15.4 Å². The number of hydrogen-bond donors (Lipinski definition) is 4. The van der Waals surface area contributed by atoms with Gasteiger partial charge in [0.05, 0.1) is 23.4 Å². The highest BCUT2D eigenvalue weighted by Gasteiger charge is 2.15. The molecule has 0 aromatic heterocycles. The van der Waals surface area contributed by atoms with Crippen molar-refractivity contribution in [3.8, 4) is 0 Å². The van der Waals surface area contributed by atoms with Gasteiger partial charge < -0.3 is 26.8 Å². The van der Waals surface area contributed by atoms with Crippen LogP contribution in [0.5, 0.6) is 0 Å². The smallest absolute Gasteiger partial charge is 0.340 e. The Labute approximate surface area is 115 Å². The van der Waals surface area contributed by atoms with E-state index >= 15 is 0 Å². The number of urea groups is 1. The molecule has 6 N–H and O–H groups in total. The summed E-state index contributed by atoms with van der Waals surface area (Å²) >= 11 is 6.01. The van der Waals surface area contributed by atoms with Crippen molar-refractivity contribution in [2.45, 2.75) is 0 Å². The lowest BCUT2D eigenvalue weighted by atomic mass is 10.1. The van der Waals surface area contributed by atoms with Gasteiger partial charge in [0.1, 0.15) is 0 Å². The molecule has 0 radical (unpaired) electrons. The van der Waals surface area contributed by atoms with E-state index in [-0.39, 0.29) is 12.1 Å². The Morgan fingerprint density at radius 1 is 1.37 bits per heavy atom. The summed E-state index contributed by atoms with van der Waals surface area (Å²) < 4.78 is 4.65. The van der Waals surface area contributed by atoms with Gasteiger partial charge in [-0.25, -0.2) is 9.59 Å². The van der Waals surface area contributed by atoms with Gasteiger partial charge in [-0.3, -0.25) is 0 Å². The van der Waals surface area contributed by atoms with Gasteiger partial charge in [0, 0.05) is 18.8 Å². The molecular weight excluding hydrogens is 272 g/mol. The number of hydrogen-bond acceptors (Lipinski definition) is 5. The highest BCUT2D eigenvalue weighted by atomic mass is 35.5. The summed E-state index contributed by atoms with van der Waals surface area (Å²) in [5.74, 6) is -0.556. The lowest BCUT2D eigenvalue weighted by Crippen LogP contribution is -2.33. The topological polar surface area (TPSA) is 119 Å². The predicted molar refractivity (Wildman–Crippen MR) is 73.3 cm³/mol. The fraction of sp³-hybridized carbons (Fsp3) is 0.273. The molecule has 2 amide bonds. The van der Waals surface area contributed by atoms with Gasteiger partial charge in [-0.05, 0) is 12.1 Å². The number of carbonyl (C=O) groups is 2. The van der Waals surface area contributed by atoms with Crippen LogP contribution in [0.2, 0.25) is 5.02 Å². The van der Waals surface area contributed by atoms with Crippen LogP contribution in [-0.2, 0) is 4.74 Å². The molecule has 0 aliphatic rings. The second-order valence-corrected chi connectivity index (χ2v) is 4.04. The summed E-state index contributed by atoms with van der Waals surface area (Å²) in [5, 5.41) is 5.61. The Hall–Kier alpha value is -2.15. The summed E-state index contributed by atoms with van der Waals surface area (Å²) in [6.07, 6.45) is 0. The molecule has 0 saturated carbocycles. The van der Waals surface area contributed by atoms with Crippen LogP contribution in [0.1, 0.15) is 10.4 Å². The molecular formula is C11H15ClN4O3. The van der Waals surface area contributed by atoms with Crippen molar-refractivity contribution in [2.24, 2.45) is 5.73 Å². The zero-order chi connectivity index (χ0) is 14.4. The number of nitrogens with one attached hydrogen (secondary N) is 2. The van der Waals surface area contributed by atoms with Crippen LogP contribution in [0.3, 0.4) is 0 Å². The van der Waals surface area contributed by atoms with Crippen molar-refractivity contribution in [1.82, 2.24) is 5.32 Å². The normalized spacial score (nSPS) is 9.79. The average molecular weight is 287 g/mol. The van der Waals surface area contributed by atoms with Crippen LogP contribution < -0.4 is 22.1 Å². The molecule has 1 rings (SSSR count). The number of nitrogen functional groups attached to an aromatic ring is 1. The Morgan fingerprint density at radius 2 is 2.05 bits per heavy atom. The minimum atomic E-state index is -0.626. The van der Waals surface area contributed by atoms with Crippen LogP contribution >= 0.6 is 11.6 Å². The predicted octanol–water partition coefficient (Wildman–Crippen LogP) is 0.789. The van der Waals surface area contributed by atoms with Crippen LogP contribution in [0.4, 0.5) is 16.2 Å². The van der Waals surface area contributed by atoms with Gasteiger partial charge in [0.2, 0.25) is 0 Å². The van der Waals surface area contributed by atoms with Gasteiger partial charge >= 0.3 is 12.0 Å². The number of nitrogens with two attached hydrogens (primary N) is 2. The third kappa shape index (κ3) is 4.22. The van der Waals surface area contributed by atoms with Gasteiger partial charge in [-0.2, -0.15) is 0 Å². The van der Waals surface area contributed by atoms with E-state index in [4.69, 9.17) is 23.1 Å². The van der Waals surface area contributed by atoms with Crippen LogP contribution in [0, 0.1) is 0 Å². The second-order valence-electron chi connectivity index (χ2n) is 3.63. The zero-order valence-electron chi connectivity index (χ0n) is 10.3. The van der Waals surface area contributed by atoms with E-state index in [9.17, 15) is 9.59 Å². The Kier molecular flexibility index (Phi) is 5.25. The number of esters is 1. The lowest BCUT2D eigenvalue weighted by Gasteiger charge is -2.13. The summed E-state index contributed by atoms with van der Waals surface area (Å²) in [7, 11) is 1.26. The van der Waals surface area contributed by atoms with Crippen molar-refractivity contribution < 1.29 is 14.3 Å². The minimum absolute atomic E-state index is 0.228. The molecule has 104 valence electrons. The van der Waals surface area contributed by atoms with Gasteiger partial charge in [0.15, 0.2) is 0 Å². The molecule has 8 heteroatoms. The first-order valence-electron chi connectivity index (χ1n) is 5.40. The van der Waals surface area contributed by atoms with Crippen LogP contribution in [0.25, 0.3) is 0 Å². The molecule has 0 unspecified atom stereocenters. The molecule has 7 nitrogen and oxygen atoms in total. The third-order valence-corrected chi connectivity index (χ3v) is 2.54.